The first-order valence-corrected chi connectivity index (χ1v) is 7.58. The summed E-state index contributed by atoms with van der Waals surface area (Å²) in [6.45, 7) is 15.0. The van der Waals surface area contributed by atoms with E-state index >= 15 is 0 Å². The lowest BCUT2D eigenvalue weighted by molar-refractivity contribution is -0.0247. The summed E-state index contributed by atoms with van der Waals surface area (Å²) in [5.74, 6) is -3.52. The molecule has 116 valence electrons. The molecule has 2 nitrogen and oxygen atoms in total. The largest absolute Gasteiger partial charge is 0.509 e. The number of hydrogen-bond donors (Lipinski definition) is 0. The minimum absolute atomic E-state index is 0.223. The van der Waals surface area contributed by atoms with Gasteiger partial charge in [0.2, 0.25) is 0 Å². The molecule has 2 atom stereocenters. The second kappa shape index (κ2) is 5.63. The number of hydrogen-bond acceptors (Lipinski definition) is 0. The van der Waals surface area contributed by atoms with E-state index in [1.54, 1.807) is 0 Å². The van der Waals surface area contributed by atoms with Crippen LogP contribution in [0.3, 0.4) is 0 Å². The maximum absolute atomic E-state index is 14.0. The molecule has 0 N–H and O–H groups in total. The van der Waals surface area contributed by atoms with Crippen LogP contribution in [0.2, 0.25) is 0 Å². The summed E-state index contributed by atoms with van der Waals surface area (Å²) >= 11 is 0. The molecule has 0 unspecified atom stereocenters. The van der Waals surface area contributed by atoms with E-state index in [2.05, 4.69) is 9.69 Å². The van der Waals surface area contributed by atoms with Crippen LogP contribution < -0.4 is 0 Å². The topological polar surface area (TPSA) is 8.72 Å². The quantitative estimate of drug-likeness (QED) is 0.495. The summed E-state index contributed by atoms with van der Waals surface area (Å²) in [6, 6.07) is 9.49. The molecule has 0 aliphatic heterocycles. The number of nitrogens with zero attached hydrogens (tertiary/aromatic N) is 2. The molecule has 1 aromatic rings. The van der Waals surface area contributed by atoms with Crippen LogP contribution >= 0.6 is 0 Å². The maximum atomic E-state index is 14.0. The van der Waals surface area contributed by atoms with Crippen molar-refractivity contribution in [1.82, 2.24) is 0 Å². The molecule has 0 fully saturated rings. The van der Waals surface area contributed by atoms with Gasteiger partial charge in [0, 0.05) is 24.7 Å². The Bertz CT molecular complexity index is 721. The summed E-state index contributed by atoms with van der Waals surface area (Å²) in [6.07, 6.45) is 4.73. The number of alkyl halides is 2. The van der Waals surface area contributed by atoms with Crippen molar-refractivity contribution in [3.63, 3.8) is 0 Å². The van der Waals surface area contributed by atoms with Crippen LogP contribution in [-0.2, 0) is 0 Å². The van der Waals surface area contributed by atoms with Crippen molar-refractivity contribution >= 4 is 0 Å². The van der Waals surface area contributed by atoms with Crippen LogP contribution in [0.5, 0.6) is 0 Å². The van der Waals surface area contributed by atoms with Crippen molar-refractivity contribution < 1.29 is 8.78 Å². The molecule has 2 aliphatic carbocycles. The molecule has 1 aromatic carbocycles. The van der Waals surface area contributed by atoms with E-state index in [1.165, 1.54) is 6.08 Å². The van der Waals surface area contributed by atoms with Crippen LogP contribution in [0, 0.1) is 19.1 Å². The number of benzene rings is 1. The fourth-order valence-corrected chi connectivity index (χ4v) is 3.60. The van der Waals surface area contributed by atoms with Gasteiger partial charge in [-0.25, -0.2) is 31.6 Å². The predicted molar refractivity (Wildman–Crippen MR) is 84.6 cm³/mol. The lowest BCUT2D eigenvalue weighted by Crippen LogP contribution is -2.36. The van der Waals surface area contributed by atoms with E-state index in [-0.39, 0.29) is 25.2 Å². The molecule has 2 aliphatic rings. The first-order valence-electron chi connectivity index (χ1n) is 7.58. The van der Waals surface area contributed by atoms with E-state index in [1.807, 2.05) is 42.5 Å². The molecule has 0 bridgehead atoms. The summed E-state index contributed by atoms with van der Waals surface area (Å²) in [7, 11) is 0. The van der Waals surface area contributed by atoms with Gasteiger partial charge in [-0.1, -0.05) is 48.6 Å². The normalized spacial score (nSPS) is 27.7. The number of fused-ring (bicyclic) bond motifs is 1. The third-order valence-corrected chi connectivity index (χ3v) is 4.73. The molecule has 0 radical (unpaired) electrons. The van der Waals surface area contributed by atoms with Gasteiger partial charge in [0.05, 0.1) is 0 Å². The zero-order valence-corrected chi connectivity index (χ0v) is 12.5. The van der Waals surface area contributed by atoms with E-state index in [4.69, 9.17) is 13.1 Å². The highest BCUT2D eigenvalue weighted by atomic mass is 19.3. The third kappa shape index (κ3) is 2.66. The molecule has 0 heterocycles. The molecule has 23 heavy (non-hydrogen) atoms. The monoisotopic (exact) mass is 310 g/mol. The Balaban J connectivity index is 2.13. The van der Waals surface area contributed by atoms with Gasteiger partial charge in [-0.05, 0) is 5.56 Å². The fourth-order valence-electron chi connectivity index (χ4n) is 3.60. The third-order valence-electron chi connectivity index (χ3n) is 4.73. The van der Waals surface area contributed by atoms with Crippen LogP contribution in [0.25, 0.3) is 9.69 Å². The number of allylic oxidation sites excluding steroid dienone is 2. The average molecular weight is 310 g/mol. The molecule has 0 spiro atoms. The summed E-state index contributed by atoms with van der Waals surface area (Å²) in [5.41, 5.74) is 0.164. The van der Waals surface area contributed by atoms with Gasteiger partial charge >= 0.3 is 5.66 Å². The van der Waals surface area contributed by atoms with E-state index in [0.29, 0.717) is 5.57 Å². The van der Waals surface area contributed by atoms with Gasteiger partial charge in [0.1, 0.15) is 12.0 Å². The second-order valence-electron chi connectivity index (χ2n) is 6.14. The molecular formula is C19H16F2N2. The highest BCUT2D eigenvalue weighted by molar-refractivity contribution is 5.42. The van der Waals surface area contributed by atoms with Crippen LogP contribution in [0.15, 0.2) is 54.1 Å². The molecule has 0 saturated carbocycles. The second-order valence-corrected chi connectivity index (χ2v) is 6.14. The predicted octanol–water partition coefficient (Wildman–Crippen LogP) is 5.24. The van der Waals surface area contributed by atoms with Gasteiger partial charge in [0.15, 0.2) is 0 Å². The first-order chi connectivity index (χ1) is 11.0. The van der Waals surface area contributed by atoms with Crippen molar-refractivity contribution in [1.29, 1.82) is 0 Å². The maximum Gasteiger partial charge on any atom is 0.509 e. The van der Waals surface area contributed by atoms with Gasteiger partial charge < -0.3 is 0 Å². The SMILES string of the molecule is [C-]#[N+]C1([N+]#[C-])CC=C[C@@H](c2ccccc2)[C@@H]2CC(F)(F)CC=C21. The minimum atomic E-state index is -2.78. The van der Waals surface area contributed by atoms with Gasteiger partial charge in [0.25, 0.3) is 5.92 Å². The van der Waals surface area contributed by atoms with Gasteiger partial charge in [-0.2, -0.15) is 0 Å². The lowest BCUT2D eigenvalue weighted by atomic mass is 9.71. The molecule has 0 aromatic heterocycles. The summed E-state index contributed by atoms with van der Waals surface area (Å²) < 4.78 is 28.1. The standard InChI is InChI=1S/C19H16F2N2/c1-22-19(23-2)11-6-9-15(14-7-4-3-5-8-14)16-13-18(20,21)12-10-17(16)19/h3-10,15-16H,11-13H2/t15-,16-/m0/s1. The molecule has 4 heteroatoms. The minimum Gasteiger partial charge on any atom is -0.226 e. The zero-order chi connectivity index (χ0) is 16.5. The Kier molecular flexibility index (Phi) is 3.78. The van der Waals surface area contributed by atoms with Crippen molar-refractivity contribution in [2.45, 2.75) is 36.8 Å². The Morgan fingerprint density at radius 2 is 1.74 bits per heavy atom. The Hall–Kier alpha value is -2.46. The first kappa shape index (κ1) is 15.4. The highest BCUT2D eigenvalue weighted by Crippen LogP contribution is 2.51. The van der Waals surface area contributed by atoms with Crippen molar-refractivity contribution in [2.24, 2.45) is 5.92 Å². The Labute approximate surface area is 134 Å². The lowest BCUT2D eigenvalue weighted by Gasteiger charge is -2.33. The van der Waals surface area contributed by atoms with E-state index in [9.17, 15) is 8.78 Å². The number of halogens is 2. The summed E-state index contributed by atoms with van der Waals surface area (Å²) in [4.78, 5) is 7.10. The van der Waals surface area contributed by atoms with Crippen LogP contribution in [0.4, 0.5) is 8.78 Å². The molecule has 0 saturated heterocycles. The zero-order valence-electron chi connectivity index (χ0n) is 12.5. The van der Waals surface area contributed by atoms with E-state index < -0.39 is 17.5 Å². The van der Waals surface area contributed by atoms with Gasteiger partial charge in [-0.15, -0.1) is 0 Å². The average Bonchev–Trinajstić information content (AvgIpc) is 2.71. The molecule has 0 amide bonds. The Morgan fingerprint density at radius 3 is 2.39 bits per heavy atom. The van der Waals surface area contributed by atoms with E-state index in [0.717, 1.165) is 5.56 Å². The van der Waals surface area contributed by atoms with Crippen LogP contribution in [-0.4, -0.2) is 11.6 Å². The van der Waals surface area contributed by atoms with Crippen molar-refractivity contribution in [2.75, 3.05) is 0 Å². The number of rotatable bonds is 1. The molecule has 3 rings (SSSR count). The fraction of sp³-hybridized carbons (Fsp3) is 0.368. The molecular weight excluding hydrogens is 294 g/mol. The Morgan fingerprint density at radius 1 is 1.04 bits per heavy atom. The van der Waals surface area contributed by atoms with Crippen molar-refractivity contribution in [3.8, 4) is 0 Å². The van der Waals surface area contributed by atoms with Crippen LogP contribution in [0.1, 0.15) is 30.7 Å². The van der Waals surface area contributed by atoms with Gasteiger partial charge in [-0.3, -0.25) is 0 Å². The smallest absolute Gasteiger partial charge is 0.226 e. The summed E-state index contributed by atoms with van der Waals surface area (Å²) in [5, 5.41) is 0. The highest BCUT2D eigenvalue weighted by Gasteiger charge is 2.56. The van der Waals surface area contributed by atoms with Crippen molar-refractivity contribution in [3.05, 3.63) is 82.5 Å².